The number of hydrogen-bond donors (Lipinski definition) is 1. The molecule has 4 nitrogen and oxygen atoms in total. The van der Waals surface area contributed by atoms with E-state index in [4.69, 9.17) is 9.84 Å². The van der Waals surface area contributed by atoms with Crippen molar-refractivity contribution in [3.63, 3.8) is 0 Å². The number of carboxylic acid groups (broad SMARTS) is 1. The zero-order valence-corrected chi connectivity index (χ0v) is 12.4. The van der Waals surface area contributed by atoms with Crippen LogP contribution >= 0.6 is 0 Å². The highest BCUT2D eigenvalue weighted by atomic mass is 16.5. The van der Waals surface area contributed by atoms with E-state index in [1.54, 1.807) is 6.92 Å². The second-order valence-corrected chi connectivity index (χ2v) is 5.89. The van der Waals surface area contributed by atoms with Crippen molar-refractivity contribution in [3.8, 4) is 5.75 Å². The Labute approximate surface area is 120 Å². The molecule has 1 atom stereocenters. The topological polar surface area (TPSA) is 49.8 Å². The van der Waals surface area contributed by atoms with Crippen LogP contribution in [-0.4, -0.2) is 35.2 Å². The molecule has 0 bridgehead atoms. The summed E-state index contributed by atoms with van der Waals surface area (Å²) in [6.45, 7) is 8.44. The Morgan fingerprint density at radius 1 is 1.30 bits per heavy atom. The molecular formula is C16H23NO3. The third-order valence-corrected chi connectivity index (χ3v) is 3.78. The fourth-order valence-corrected chi connectivity index (χ4v) is 2.46. The van der Waals surface area contributed by atoms with Crippen LogP contribution < -0.4 is 4.74 Å². The molecule has 1 saturated heterocycles. The van der Waals surface area contributed by atoms with Crippen molar-refractivity contribution in [3.05, 3.63) is 29.8 Å². The second-order valence-electron chi connectivity index (χ2n) is 5.89. The third kappa shape index (κ3) is 3.73. The number of aliphatic carboxylic acids is 1. The molecule has 1 aliphatic heterocycles. The Balaban J connectivity index is 1.80. The van der Waals surface area contributed by atoms with Gasteiger partial charge < -0.3 is 9.84 Å². The van der Waals surface area contributed by atoms with Crippen LogP contribution in [0, 0.1) is 11.8 Å². The van der Waals surface area contributed by atoms with Gasteiger partial charge in [-0.2, -0.15) is 0 Å². The number of benzene rings is 1. The third-order valence-electron chi connectivity index (χ3n) is 3.78. The lowest BCUT2D eigenvalue weighted by atomic mass is 9.87. The fraction of sp³-hybridized carbons (Fsp3) is 0.562. The van der Waals surface area contributed by atoms with E-state index in [9.17, 15) is 4.79 Å². The van der Waals surface area contributed by atoms with Gasteiger partial charge in [0.05, 0.1) is 12.0 Å². The molecular weight excluding hydrogens is 254 g/mol. The maximum Gasteiger partial charge on any atom is 0.306 e. The van der Waals surface area contributed by atoms with Crippen LogP contribution in [0.3, 0.4) is 0 Å². The summed E-state index contributed by atoms with van der Waals surface area (Å²) in [5.41, 5.74) is 1.24. The molecule has 110 valence electrons. The lowest BCUT2D eigenvalue weighted by Gasteiger charge is -2.41. The molecule has 1 N–H and O–H groups in total. The molecule has 1 aromatic carbocycles. The molecule has 0 aromatic heterocycles. The number of ether oxygens (including phenoxy) is 1. The van der Waals surface area contributed by atoms with E-state index in [0.29, 0.717) is 0 Å². The monoisotopic (exact) mass is 277 g/mol. The van der Waals surface area contributed by atoms with Gasteiger partial charge in [-0.15, -0.1) is 0 Å². The Morgan fingerprint density at radius 3 is 2.40 bits per heavy atom. The minimum atomic E-state index is -0.690. The number of carbonyl (C=O) groups is 1. The lowest BCUT2D eigenvalue weighted by molar-refractivity contribution is -0.145. The van der Waals surface area contributed by atoms with Crippen molar-refractivity contribution < 1.29 is 14.6 Å². The molecule has 1 aliphatic rings. The average Bonchev–Trinajstić information content (AvgIpc) is 2.33. The highest BCUT2D eigenvalue weighted by Crippen LogP contribution is 2.26. The zero-order valence-electron chi connectivity index (χ0n) is 12.4. The summed E-state index contributed by atoms with van der Waals surface area (Å²) in [5, 5.41) is 8.96. The van der Waals surface area contributed by atoms with Crippen LogP contribution in [-0.2, 0) is 11.3 Å². The molecule has 1 fully saturated rings. The van der Waals surface area contributed by atoms with Crippen molar-refractivity contribution in [2.45, 2.75) is 33.4 Å². The first-order valence-electron chi connectivity index (χ1n) is 7.16. The van der Waals surface area contributed by atoms with Gasteiger partial charge in [0.1, 0.15) is 5.75 Å². The Morgan fingerprint density at radius 2 is 1.90 bits per heavy atom. The van der Waals surface area contributed by atoms with E-state index in [1.807, 2.05) is 26.0 Å². The van der Waals surface area contributed by atoms with Crippen molar-refractivity contribution >= 4 is 5.97 Å². The van der Waals surface area contributed by atoms with Gasteiger partial charge in [0.25, 0.3) is 0 Å². The van der Waals surface area contributed by atoms with E-state index in [2.05, 4.69) is 17.0 Å². The van der Waals surface area contributed by atoms with Crippen molar-refractivity contribution in [1.29, 1.82) is 0 Å². The summed E-state index contributed by atoms with van der Waals surface area (Å²) in [5.74, 6) is 0.249. The van der Waals surface area contributed by atoms with E-state index in [1.165, 1.54) is 5.56 Å². The normalized spacial score (nSPS) is 17.8. The van der Waals surface area contributed by atoms with E-state index >= 15 is 0 Å². The van der Waals surface area contributed by atoms with Crippen LogP contribution in [0.15, 0.2) is 24.3 Å². The van der Waals surface area contributed by atoms with Gasteiger partial charge >= 0.3 is 5.97 Å². The van der Waals surface area contributed by atoms with Gasteiger partial charge in [-0.3, -0.25) is 9.69 Å². The molecule has 4 heteroatoms. The molecule has 0 amide bonds. The second kappa shape index (κ2) is 6.27. The summed E-state index contributed by atoms with van der Waals surface area (Å²) in [6.07, 6.45) is 0.189. The van der Waals surface area contributed by atoms with Gasteiger partial charge in [-0.25, -0.2) is 0 Å². The van der Waals surface area contributed by atoms with E-state index in [0.717, 1.165) is 25.4 Å². The molecule has 1 aromatic rings. The van der Waals surface area contributed by atoms with E-state index in [-0.39, 0.29) is 17.9 Å². The highest BCUT2D eigenvalue weighted by Gasteiger charge is 2.34. The maximum absolute atomic E-state index is 10.9. The zero-order chi connectivity index (χ0) is 14.7. The van der Waals surface area contributed by atoms with Gasteiger partial charge in [0.15, 0.2) is 0 Å². The Bertz CT molecular complexity index is 449. The molecule has 2 rings (SSSR count). The van der Waals surface area contributed by atoms with Crippen LogP contribution in [0.4, 0.5) is 0 Å². The van der Waals surface area contributed by atoms with Crippen LogP contribution in [0.5, 0.6) is 5.75 Å². The van der Waals surface area contributed by atoms with Crippen molar-refractivity contribution in [1.82, 2.24) is 4.90 Å². The van der Waals surface area contributed by atoms with Crippen LogP contribution in [0.1, 0.15) is 26.3 Å². The van der Waals surface area contributed by atoms with Gasteiger partial charge in [0.2, 0.25) is 0 Å². The smallest absolute Gasteiger partial charge is 0.306 e. The SMILES string of the molecule is CC(C)Oc1ccc(CN2CC(C(C)C(=O)O)C2)cc1. The van der Waals surface area contributed by atoms with Gasteiger partial charge in [-0.05, 0) is 37.5 Å². The standard InChI is InChI=1S/C16H23NO3/c1-11(2)20-15-6-4-13(5-7-15)8-17-9-14(10-17)12(3)16(18)19/h4-7,11-12,14H,8-10H2,1-3H3,(H,18,19). The predicted molar refractivity (Wildman–Crippen MR) is 77.8 cm³/mol. The minimum Gasteiger partial charge on any atom is -0.491 e. The largest absolute Gasteiger partial charge is 0.491 e. The number of hydrogen-bond acceptors (Lipinski definition) is 3. The van der Waals surface area contributed by atoms with Crippen molar-refractivity contribution in [2.24, 2.45) is 11.8 Å². The predicted octanol–water partition coefficient (Wildman–Crippen LogP) is 2.63. The molecule has 0 radical (unpaired) electrons. The summed E-state index contributed by atoms with van der Waals surface area (Å²) in [4.78, 5) is 13.2. The number of nitrogens with zero attached hydrogens (tertiary/aromatic N) is 1. The lowest BCUT2D eigenvalue weighted by Crippen LogP contribution is -2.50. The van der Waals surface area contributed by atoms with Crippen LogP contribution in [0.25, 0.3) is 0 Å². The van der Waals surface area contributed by atoms with Gasteiger partial charge in [0, 0.05) is 19.6 Å². The Kier molecular flexibility index (Phi) is 4.65. The first-order chi connectivity index (χ1) is 9.45. The summed E-state index contributed by atoms with van der Waals surface area (Å²) >= 11 is 0. The van der Waals surface area contributed by atoms with E-state index < -0.39 is 5.97 Å². The molecule has 0 spiro atoms. The van der Waals surface area contributed by atoms with Crippen molar-refractivity contribution in [2.75, 3.05) is 13.1 Å². The fourth-order valence-electron chi connectivity index (χ4n) is 2.46. The summed E-state index contributed by atoms with van der Waals surface area (Å²) < 4.78 is 5.61. The molecule has 1 unspecified atom stereocenters. The molecule has 20 heavy (non-hydrogen) atoms. The first kappa shape index (κ1) is 14.9. The minimum absolute atomic E-state index is 0.189. The molecule has 0 aliphatic carbocycles. The summed E-state index contributed by atoms with van der Waals surface area (Å²) in [6, 6.07) is 8.14. The Hall–Kier alpha value is -1.55. The number of likely N-dealkylation sites (tertiary alicyclic amines) is 1. The average molecular weight is 277 g/mol. The summed E-state index contributed by atoms with van der Waals surface area (Å²) in [7, 11) is 0. The number of carboxylic acids is 1. The molecule has 1 heterocycles. The maximum atomic E-state index is 10.9. The van der Waals surface area contributed by atoms with Gasteiger partial charge in [-0.1, -0.05) is 19.1 Å². The number of rotatable bonds is 6. The quantitative estimate of drug-likeness (QED) is 0.868. The highest BCUT2D eigenvalue weighted by molar-refractivity contribution is 5.70. The van der Waals surface area contributed by atoms with Crippen LogP contribution in [0.2, 0.25) is 0 Å². The first-order valence-corrected chi connectivity index (χ1v) is 7.16. The molecule has 0 saturated carbocycles.